The zero-order valence-electron chi connectivity index (χ0n) is 19.9. The lowest BCUT2D eigenvalue weighted by atomic mass is 9.88. The zero-order chi connectivity index (χ0) is 33.3. The molecule has 0 aromatic carbocycles. The fraction of sp³-hybridized carbons (Fsp3) is 0.941. The molecule has 0 aliphatic heterocycles. The first-order chi connectivity index (χ1) is 17.9. The lowest BCUT2D eigenvalue weighted by Gasteiger charge is -2.42. The van der Waals surface area contributed by atoms with Crippen LogP contribution in [0.25, 0.3) is 0 Å². The summed E-state index contributed by atoms with van der Waals surface area (Å²) in [5.74, 6) is -61.1. The standard InChI is InChI=1S/C17H18F17NO4S/c18-10(19,2-4-40-3-1-8(39)35-9(5-36,6-37)7-38)11(20,21)12(22,23)13(24,25)14(26,27)15(28,29)16(30,31)17(32,33)34/h36-38H,1-7H2,(H,35,39)/i1T. The third-order valence-electron chi connectivity index (χ3n) is 5.03. The van der Waals surface area contributed by atoms with Crippen molar-refractivity contribution in [3.8, 4) is 0 Å². The van der Waals surface area contributed by atoms with Gasteiger partial charge in [-0.1, -0.05) is 0 Å². The summed E-state index contributed by atoms with van der Waals surface area (Å²) >= 11 is -0.158. The van der Waals surface area contributed by atoms with Crippen molar-refractivity contribution in [3.05, 3.63) is 0 Å². The Morgan fingerprint density at radius 3 is 1.30 bits per heavy atom. The molecule has 0 bridgehead atoms. The molecule has 0 heterocycles. The second-order valence-corrected chi connectivity index (χ2v) is 9.07. The van der Waals surface area contributed by atoms with Crippen LogP contribution in [0.4, 0.5) is 74.6 Å². The largest absolute Gasteiger partial charge is 0.460 e. The summed E-state index contributed by atoms with van der Waals surface area (Å²) in [6, 6.07) is 0. The van der Waals surface area contributed by atoms with Crippen molar-refractivity contribution < 1.29 is 96.1 Å². The Morgan fingerprint density at radius 2 is 0.950 bits per heavy atom. The molecule has 240 valence electrons. The van der Waals surface area contributed by atoms with Gasteiger partial charge >= 0.3 is 47.6 Å². The Bertz CT molecular complexity index is 890. The maximum Gasteiger partial charge on any atom is 0.460 e. The average Bonchev–Trinajstić information content (AvgIpc) is 2.83. The molecular weight excluding hydrogens is 637 g/mol. The summed E-state index contributed by atoms with van der Waals surface area (Å²) in [7, 11) is 0. The van der Waals surface area contributed by atoms with E-state index in [1.807, 2.05) is 0 Å². The van der Waals surface area contributed by atoms with E-state index in [1.54, 1.807) is 5.32 Å². The maximum atomic E-state index is 13.8. The van der Waals surface area contributed by atoms with Gasteiger partial charge in [0.2, 0.25) is 5.91 Å². The summed E-state index contributed by atoms with van der Waals surface area (Å²) in [6.45, 7) is -3.32. The Labute approximate surface area is 217 Å². The zero-order valence-corrected chi connectivity index (χ0v) is 19.7. The summed E-state index contributed by atoms with van der Waals surface area (Å²) < 4.78 is 232. The molecule has 4 N–H and O–H groups in total. The van der Waals surface area contributed by atoms with Crippen LogP contribution in [0.15, 0.2) is 0 Å². The lowest BCUT2D eigenvalue weighted by molar-refractivity contribution is -0.461. The van der Waals surface area contributed by atoms with Crippen LogP contribution in [0.2, 0.25) is 0 Å². The number of carbonyl (C=O) groups excluding carboxylic acids is 1. The molecule has 1 atom stereocenters. The van der Waals surface area contributed by atoms with Crippen LogP contribution in [-0.2, 0) is 4.79 Å². The van der Waals surface area contributed by atoms with Crippen LogP contribution in [-0.4, -0.2) is 106 Å². The normalized spacial score (nSPS) is 16.6. The number of alkyl halides is 17. The Balaban J connectivity index is 5.87. The van der Waals surface area contributed by atoms with Gasteiger partial charge in [0.15, 0.2) is 0 Å². The van der Waals surface area contributed by atoms with E-state index in [4.69, 9.17) is 16.7 Å². The van der Waals surface area contributed by atoms with Gasteiger partial charge in [-0.2, -0.15) is 86.4 Å². The van der Waals surface area contributed by atoms with Gasteiger partial charge in [0.05, 0.1) is 19.8 Å². The van der Waals surface area contributed by atoms with Crippen LogP contribution in [0.1, 0.15) is 14.2 Å². The fourth-order valence-corrected chi connectivity index (χ4v) is 3.19. The molecule has 0 saturated heterocycles. The van der Waals surface area contributed by atoms with Crippen molar-refractivity contribution in [1.29, 1.82) is 0 Å². The monoisotopic (exact) mass is 657 g/mol. The Kier molecular flexibility index (Phi) is 11.0. The fourth-order valence-electron chi connectivity index (χ4n) is 2.35. The van der Waals surface area contributed by atoms with Crippen molar-refractivity contribution in [1.82, 2.24) is 5.32 Å². The predicted octanol–water partition coefficient (Wildman–Crippen LogP) is 4.34. The maximum absolute atomic E-state index is 13.8. The number of thioether (sulfide) groups is 1. The molecule has 0 aromatic rings. The molecule has 0 fully saturated rings. The Morgan fingerprint density at radius 1 is 0.600 bits per heavy atom. The molecule has 1 amide bonds. The van der Waals surface area contributed by atoms with Crippen molar-refractivity contribution in [2.45, 2.75) is 66.0 Å². The molecule has 0 radical (unpaired) electrons. The topological polar surface area (TPSA) is 89.8 Å². The summed E-state index contributed by atoms with van der Waals surface area (Å²) in [6.07, 6.45) is -12.7. The van der Waals surface area contributed by atoms with Gasteiger partial charge < -0.3 is 20.6 Å². The van der Waals surface area contributed by atoms with Gasteiger partial charge in [0, 0.05) is 19.9 Å². The number of aliphatic hydroxyl groups is 3. The number of hydrogen-bond acceptors (Lipinski definition) is 5. The molecule has 0 aromatic heterocycles. The molecule has 23 heteroatoms. The van der Waals surface area contributed by atoms with Crippen LogP contribution in [0, 0.1) is 0 Å². The summed E-state index contributed by atoms with van der Waals surface area (Å²) in [5.41, 5.74) is -2.10. The van der Waals surface area contributed by atoms with Crippen LogP contribution < -0.4 is 5.32 Å². The van der Waals surface area contributed by atoms with Crippen LogP contribution >= 0.6 is 11.8 Å². The average molecular weight is 657 g/mol. The van der Waals surface area contributed by atoms with E-state index in [0.717, 1.165) is 0 Å². The number of carbonyl (C=O) groups is 1. The van der Waals surface area contributed by atoms with E-state index in [1.165, 1.54) is 0 Å². The highest BCUT2D eigenvalue weighted by Crippen LogP contribution is 2.64. The van der Waals surface area contributed by atoms with E-state index < -0.39 is 103 Å². The van der Waals surface area contributed by atoms with E-state index in [0.29, 0.717) is 0 Å². The summed E-state index contributed by atoms with van der Waals surface area (Å²) in [4.78, 5) is 11.8. The third-order valence-corrected chi connectivity index (χ3v) is 5.93. The minimum absolute atomic E-state index is 0.158. The molecular formula is C17H18F17NO4S. The number of aliphatic hydroxyl groups excluding tert-OH is 3. The van der Waals surface area contributed by atoms with Gasteiger partial charge in [-0.15, -0.1) is 0 Å². The van der Waals surface area contributed by atoms with Gasteiger partial charge in [0.1, 0.15) is 5.54 Å². The molecule has 0 rings (SSSR count). The van der Waals surface area contributed by atoms with Gasteiger partial charge in [-0.05, 0) is 5.75 Å². The summed E-state index contributed by atoms with van der Waals surface area (Å²) in [5, 5.41) is 28.8. The van der Waals surface area contributed by atoms with Crippen molar-refractivity contribution in [2.75, 3.05) is 31.3 Å². The van der Waals surface area contributed by atoms with E-state index in [2.05, 4.69) is 0 Å². The first kappa shape index (κ1) is 36.5. The molecule has 0 saturated carbocycles. The highest BCUT2D eigenvalue weighted by atomic mass is 32.2. The molecule has 1 unspecified atom stereocenters. The van der Waals surface area contributed by atoms with Crippen molar-refractivity contribution in [2.24, 2.45) is 0 Å². The van der Waals surface area contributed by atoms with Gasteiger partial charge in [0.25, 0.3) is 0 Å². The van der Waals surface area contributed by atoms with E-state index in [9.17, 15) is 79.4 Å². The predicted molar refractivity (Wildman–Crippen MR) is 99.4 cm³/mol. The quantitative estimate of drug-likeness (QED) is 0.147. The lowest BCUT2D eigenvalue weighted by Crippen LogP contribution is -2.74. The molecule has 0 aliphatic rings. The number of halogens is 17. The number of hydrogen-bond donors (Lipinski definition) is 4. The minimum atomic E-state index is -8.71. The SMILES string of the molecule is [3H]C(CSCCC(F)(F)C(F)(F)C(F)(F)C(F)(F)C(F)(F)C(F)(F)C(F)(F)C(F)(F)F)C(=O)NC(CO)(CO)CO. The second-order valence-electron chi connectivity index (χ2n) is 7.92. The van der Waals surface area contributed by atoms with Crippen LogP contribution in [0.5, 0.6) is 0 Å². The highest BCUT2D eigenvalue weighted by Gasteiger charge is 2.95. The van der Waals surface area contributed by atoms with E-state index >= 15 is 0 Å². The third kappa shape index (κ3) is 6.45. The van der Waals surface area contributed by atoms with Crippen molar-refractivity contribution >= 4 is 17.7 Å². The first-order valence-electron chi connectivity index (χ1n) is 10.4. The van der Waals surface area contributed by atoms with Crippen LogP contribution in [0.3, 0.4) is 0 Å². The number of amides is 1. The number of rotatable bonds is 16. The molecule has 0 spiro atoms. The van der Waals surface area contributed by atoms with Crippen molar-refractivity contribution in [3.63, 3.8) is 0 Å². The minimum Gasteiger partial charge on any atom is -0.394 e. The Hall–Kier alpha value is -1.49. The first-order valence-corrected chi connectivity index (χ1v) is 11.0. The van der Waals surface area contributed by atoms with E-state index in [-0.39, 0.29) is 11.8 Å². The van der Waals surface area contributed by atoms with Gasteiger partial charge in [-0.3, -0.25) is 4.79 Å². The molecule has 40 heavy (non-hydrogen) atoms. The second kappa shape index (κ2) is 12.0. The molecule has 0 aliphatic carbocycles. The number of nitrogens with one attached hydrogen (secondary N) is 1. The molecule has 5 nitrogen and oxygen atoms in total. The smallest absolute Gasteiger partial charge is 0.394 e. The van der Waals surface area contributed by atoms with Gasteiger partial charge in [-0.25, -0.2) is 0 Å². The highest BCUT2D eigenvalue weighted by molar-refractivity contribution is 7.99.